The van der Waals surface area contributed by atoms with Gasteiger partial charge in [0.2, 0.25) is 0 Å². The number of halogens is 1. The van der Waals surface area contributed by atoms with Crippen LogP contribution in [0, 0.1) is 10.1 Å². The SMILES string of the molecule is Cl.NCCNCOc1ccccc1[N+](=O)[O-]. The summed E-state index contributed by atoms with van der Waals surface area (Å²) in [5, 5.41) is 13.5. The average Bonchev–Trinajstić information content (AvgIpc) is 2.25. The third-order valence-electron chi connectivity index (χ3n) is 1.71. The molecule has 0 fully saturated rings. The van der Waals surface area contributed by atoms with Crippen molar-refractivity contribution in [3.05, 3.63) is 34.4 Å². The predicted octanol–water partition coefficient (Wildman–Crippen LogP) is 0.901. The molecule has 0 unspecified atom stereocenters. The molecule has 0 amide bonds. The molecule has 0 saturated carbocycles. The van der Waals surface area contributed by atoms with Crippen LogP contribution >= 0.6 is 12.4 Å². The maximum atomic E-state index is 10.6. The molecule has 0 saturated heterocycles. The van der Waals surface area contributed by atoms with Gasteiger partial charge in [-0.2, -0.15) is 0 Å². The van der Waals surface area contributed by atoms with Crippen molar-refractivity contribution in [2.75, 3.05) is 19.8 Å². The minimum Gasteiger partial charge on any atom is -0.471 e. The molecule has 0 radical (unpaired) electrons. The molecule has 1 aromatic carbocycles. The summed E-state index contributed by atoms with van der Waals surface area (Å²) in [4.78, 5) is 10.1. The van der Waals surface area contributed by atoms with Crippen molar-refractivity contribution >= 4 is 18.1 Å². The monoisotopic (exact) mass is 247 g/mol. The van der Waals surface area contributed by atoms with Crippen LogP contribution in [0.3, 0.4) is 0 Å². The van der Waals surface area contributed by atoms with Crippen molar-refractivity contribution in [3.63, 3.8) is 0 Å². The fourth-order valence-electron chi connectivity index (χ4n) is 1.03. The van der Waals surface area contributed by atoms with E-state index in [9.17, 15) is 10.1 Å². The number of benzene rings is 1. The third-order valence-corrected chi connectivity index (χ3v) is 1.71. The van der Waals surface area contributed by atoms with Gasteiger partial charge in [-0.15, -0.1) is 12.4 Å². The Balaban J connectivity index is 0.00000225. The molecule has 0 aliphatic carbocycles. The lowest BCUT2D eigenvalue weighted by molar-refractivity contribution is -0.385. The largest absolute Gasteiger partial charge is 0.471 e. The summed E-state index contributed by atoms with van der Waals surface area (Å²) in [7, 11) is 0. The zero-order valence-electron chi connectivity index (χ0n) is 8.59. The first-order valence-electron chi connectivity index (χ1n) is 4.52. The van der Waals surface area contributed by atoms with E-state index in [1.807, 2.05) is 0 Å². The number of ether oxygens (including phenoxy) is 1. The van der Waals surface area contributed by atoms with Crippen molar-refractivity contribution in [3.8, 4) is 5.75 Å². The first kappa shape index (κ1) is 14.6. The minimum absolute atomic E-state index is 0. The van der Waals surface area contributed by atoms with E-state index in [2.05, 4.69) is 5.32 Å². The summed E-state index contributed by atoms with van der Waals surface area (Å²) < 4.78 is 5.19. The van der Waals surface area contributed by atoms with Crippen LogP contribution in [0.15, 0.2) is 24.3 Å². The van der Waals surface area contributed by atoms with Crippen LogP contribution in [0.4, 0.5) is 5.69 Å². The Hall–Kier alpha value is -1.37. The van der Waals surface area contributed by atoms with Gasteiger partial charge in [0.25, 0.3) is 0 Å². The summed E-state index contributed by atoms with van der Waals surface area (Å²) in [5.41, 5.74) is 5.22. The molecule has 3 N–H and O–H groups in total. The fourth-order valence-corrected chi connectivity index (χ4v) is 1.03. The molecule has 0 spiro atoms. The van der Waals surface area contributed by atoms with E-state index in [-0.39, 0.29) is 30.6 Å². The fraction of sp³-hybridized carbons (Fsp3) is 0.333. The van der Waals surface area contributed by atoms with Crippen molar-refractivity contribution in [2.45, 2.75) is 0 Å². The van der Waals surface area contributed by atoms with Crippen molar-refractivity contribution in [2.24, 2.45) is 5.73 Å². The summed E-state index contributed by atoms with van der Waals surface area (Å²) in [5.74, 6) is 0.257. The lowest BCUT2D eigenvalue weighted by atomic mass is 10.3. The smallest absolute Gasteiger partial charge is 0.310 e. The first-order chi connectivity index (χ1) is 7.25. The second-order valence-electron chi connectivity index (χ2n) is 2.80. The standard InChI is InChI=1S/C9H13N3O3.ClH/c10-5-6-11-7-15-9-4-2-1-3-8(9)12(13)14;/h1-4,11H,5-7,10H2;1H. The van der Waals surface area contributed by atoms with Crippen molar-refractivity contribution in [1.82, 2.24) is 5.32 Å². The molecule has 0 atom stereocenters. The molecule has 0 bridgehead atoms. The Morgan fingerprint density at radius 1 is 1.44 bits per heavy atom. The van der Waals surface area contributed by atoms with Crippen molar-refractivity contribution < 1.29 is 9.66 Å². The van der Waals surface area contributed by atoms with E-state index in [1.54, 1.807) is 18.2 Å². The van der Waals surface area contributed by atoms with Gasteiger partial charge in [0.15, 0.2) is 5.75 Å². The lowest BCUT2D eigenvalue weighted by Crippen LogP contribution is -2.26. The zero-order valence-corrected chi connectivity index (χ0v) is 9.40. The number of hydrogen-bond acceptors (Lipinski definition) is 5. The molecule has 0 aliphatic heterocycles. The lowest BCUT2D eigenvalue weighted by Gasteiger charge is -2.06. The van der Waals surface area contributed by atoms with Gasteiger partial charge < -0.3 is 10.5 Å². The minimum atomic E-state index is -0.474. The van der Waals surface area contributed by atoms with Gasteiger partial charge in [0.1, 0.15) is 6.73 Å². The van der Waals surface area contributed by atoms with Gasteiger partial charge in [-0.05, 0) is 6.07 Å². The molecular weight excluding hydrogens is 234 g/mol. The first-order valence-corrected chi connectivity index (χ1v) is 4.52. The number of nitrogens with two attached hydrogens (primary N) is 1. The topological polar surface area (TPSA) is 90.4 Å². The molecule has 90 valence electrons. The molecule has 1 rings (SSSR count). The van der Waals surface area contributed by atoms with E-state index in [1.165, 1.54) is 6.07 Å². The van der Waals surface area contributed by atoms with Gasteiger partial charge in [-0.25, -0.2) is 0 Å². The number of para-hydroxylation sites is 2. The molecule has 0 aromatic heterocycles. The average molecular weight is 248 g/mol. The van der Waals surface area contributed by atoms with Gasteiger partial charge in [-0.3, -0.25) is 15.4 Å². The Bertz CT molecular complexity index is 336. The highest BCUT2D eigenvalue weighted by Crippen LogP contribution is 2.25. The Morgan fingerprint density at radius 3 is 2.75 bits per heavy atom. The highest BCUT2D eigenvalue weighted by molar-refractivity contribution is 5.85. The molecule has 0 aliphatic rings. The number of nitrogens with zero attached hydrogens (tertiary/aromatic N) is 1. The summed E-state index contributed by atoms with van der Waals surface area (Å²) in [6.07, 6.45) is 0. The highest BCUT2D eigenvalue weighted by Gasteiger charge is 2.12. The van der Waals surface area contributed by atoms with Crippen LogP contribution in [0.1, 0.15) is 0 Å². The molecule has 7 heteroatoms. The van der Waals surface area contributed by atoms with Crippen LogP contribution in [-0.4, -0.2) is 24.7 Å². The molecule has 6 nitrogen and oxygen atoms in total. The van der Waals surface area contributed by atoms with Gasteiger partial charge in [0, 0.05) is 19.2 Å². The third kappa shape index (κ3) is 4.43. The van der Waals surface area contributed by atoms with E-state index in [0.717, 1.165) is 0 Å². The Labute approximate surface area is 99.3 Å². The normalized spacial score (nSPS) is 9.31. The Kier molecular flexibility index (Phi) is 7.19. The molecule has 1 aromatic rings. The predicted molar refractivity (Wildman–Crippen MR) is 62.9 cm³/mol. The highest BCUT2D eigenvalue weighted by atomic mass is 35.5. The van der Waals surface area contributed by atoms with Gasteiger partial charge in [-0.1, -0.05) is 12.1 Å². The van der Waals surface area contributed by atoms with Crippen LogP contribution in [-0.2, 0) is 0 Å². The number of hydrogen-bond donors (Lipinski definition) is 2. The Morgan fingerprint density at radius 2 is 2.12 bits per heavy atom. The number of nitrogens with one attached hydrogen (secondary N) is 1. The van der Waals surface area contributed by atoms with E-state index >= 15 is 0 Å². The van der Waals surface area contributed by atoms with Crippen LogP contribution in [0.2, 0.25) is 0 Å². The maximum absolute atomic E-state index is 10.6. The van der Waals surface area contributed by atoms with E-state index in [0.29, 0.717) is 13.1 Å². The second kappa shape index (κ2) is 7.86. The van der Waals surface area contributed by atoms with Gasteiger partial charge in [0.05, 0.1) is 4.92 Å². The van der Waals surface area contributed by atoms with Crippen molar-refractivity contribution in [1.29, 1.82) is 0 Å². The summed E-state index contributed by atoms with van der Waals surface area (Å²) in [6.45, 7) is 1.32. The van der Waals surface area contributed by atoms with E-state index < -0.39 is 4.92 Å². The number of nitro groups is 1. The van der Waals surface area contributed by atoms with Crippen LogP contribution in [0.5, 0.6) is 5.75 Å². The number of rotatable bonds is 6. The number of nitro benzene ring substituents is 1. The van der Waals surface area contributed by atoms with Gasteiger partial charge >= 0.3 is 5.69 Å². The van der Waals surface area contributed by atoms with Crippen LogP contribution in [0.25, 0.3) is 0 Å². The molecule has 16 heavy (non-hydrogen) atoms. The quantitative estimate of drug-likeness (QED) is 0.337. The molecular formula is C9H14ClN3O3. The maximum Gasteiger partial charge on any atom is 0.310 e. The summed E-state index contributed by atoms with van der Waals surface area (Å²) in [6, 6.07) is 6.24. The zero-order chi connectivity index (χ0) is 11.1. The van der Waals surface area contributed by atoms with Crippen LogP contribution < -0.4 is 15.8 Å². The summed E-state index contributed by atoms with van der Waals surface area (Å²) >= 11 is 0. The molecule has 0 heterocycles. The second-order valence-corrected chi connectivity index (χ2v) is 2.80. The van der Waals surface area contributed by atoms with E-state index in [4.69, 9.17) is 10.5 Å².